The number of thioether (sulfide) groups is 1. The lowest BCUT2D eigenvalue weighted by Crippen LogP contribution is -2.46. The monoisotopic (exact) mass is 431 g/mol. The number of anilines is 2. The van der Waals surface area contributed by atoms with Crippen LogP contribution in [0.1, 0.15) is 33.6 Å². The number of aliphatic carboxylic acids is 1. The Bertz CT molecular complexity index is 738. The number of nitrogen functional groups attached to an aromatic ring is 1. The number of carboxylic acids is 1. The molecule has 1 aromatic heterocycles. The van der Waals surface area contributed by atoms with Gasteiger partial charge in [-0.15, -0.1) is 0 Å². The molecule has 5 N–H and O–H groups in total. The molecule has 0 aromatic carbocycles. The van der Waals surface area contributed by atoms with Gasteiger partial charge < -0.3 is 25.6 Å². The molecule has 2 heterocycles. The second-order valence-electron chi connectivity index (χ2n) is 7.40. The van der Waals surface area contributed by atoms with Gasteiger partial charge in [0, 0.05) is 11.8 Å². The van der Waals surface area contributed by atoms with Crippen LogP contribution >= 0.6 is 23.4 Å². The van der Waals surface area contributed by atoms with Crippen molar-refractivity contribution in [3.63, 3.8) is 0 Å². The quantitative estimate of drug-likeness (QED) is 0.275. The highest BCUT2D eigenvalue weighted by molar-refractivity contribution is 7.99. The largest absolute Gasteiger partial charge is 0.480 e. The van der Waals surface area contributed by atoms with Gasteiger partial charge in [-0.25, -0.2) is 14.8 Å². The molecule has 0 amide bonds. The van der Waals surface area contributed by atoms with E-state index < -0.39 is 11.7 Å². The molecule has 1 aliphatic heterocycles. The van der Waals surface area contributed by atoms with Crippen molar-refractivity contribution < 1.29 is 19.4 Å². The van der Waals surface area contributed by atoms with Gasteiger partial charge >= 0.3 is 5.97 Å². The van der Waals surface area contributed by atoms with E-state index in [1.165, 1.54) is 11.8 Å². The molecule has 1 aromatic rings. The molecular weight excluding hydrogens is 406 g/mol. The van der Waals surface area contributed by atoms with Crippen molar-refractivity contribution >= 4 is 40.8 Å². The summed E-state index contributed by atoms with van der Waals surface area (Å²) in [6.07, 6.45) is 0.897. The first-order chi connectivity index (χ1) is 13.2. The number of carboxylic acid groups (broad SMARTS) is 1. The number of nitrogens with one attached hydrogen (secondary N) is 2. The summed E-state index contributed by atoms with van der Waals surface area (Å²) in [7, 11) is 0. The average Bonchev–Trinajstić information content (AvgIpc) is 3.09. The summed E-state index contributed by atoms with van der Waals surface area (Å²) in [5.74, 6) is 0.331. The lowest BCUT2D eigenvalue weighted by atomic mass is 10.1. The molecular formula is C17H26ClN5O4S. The van der Waals surface area contributed by atoms with Gasteiger partial charge in [0.05, 0.1) is 12.1 Å². The van der Waals surface area contributed by atoms with E-state index in [9.17, 15) is 4.79 Å². The summed E-state index contributed by atoms with van der Waals surface area (Å²) in [5, 5.41) is 16.5. The van der Waals surface area contributed by atoms with Gasteiger partial charge in [-0.05, 0) is 26.7 Å². The van der Waals surface area contributed by atoms with E-state index in [4.69, 9.17) is 31.9 Å². The minimum atomic E-state index is -1.01. The number of carbonyl (C=O) groups is 1. The predicted octanol–water partition coefficient (Wildman–Crippen LogP) is 1.96. The molecule has 0 radical (unpaired) electrons. The first-order valence-corrected chi connectivity index (χ1v) is 10.6. The van der Waals surface area contributed by atoms with Crippen molar-refractivity contribution in [2.75, 3.05) is 23.4 Å². The highest BCUT2D eigenvalue weighted by Gasteiger charge is 2.53. The van der Waals surface area contributed by atoms with Gasteiger partial charge in [0.25, 0.3) is 0 Å². The van der Waals surface area contributed by atoms with Crippen molar-refractivity contribution in [1.82, 2.24) is 15.3 Å². The van der Waals surface area contributed by atoms with E-state index in [1.54, 1.807) is 0 Å². The number of nitrogens with zero attached hydrogens (tertiary/aromatic N) is 2. The fourth-order valence-corrected chi connectivity index (χ4v) is 4.47. The Kier molecular flexibility index (Phi) is 6.55. The van der Waals surface area contributed by atoms with E-state index in [1.807, 2.05) is 13.8 Å². The summed E-state index contributed by atoms with van der Waals surface area (Å²) in [6.45, 7) is 5.55. The minimum Gasteiger partial charge on any atom is -0.480 e. The zero-order chi connectivity index (χ0) is 20.5. The van der Waals surface area contributed by atoms with Crippen LogP contribution in [0.2, 0.25) is 5.15 Å². The summed E-state index contributed by atoms with van der Waals surface area (Å²) in [5.41, 5.74) is 5.83. The molecule has 3 rings (SSSR count). The van der Waals surface area contributed by atoms with Gasteiger partial charge in [0.1, 0.15) is 24.1 Å². The summed E-state index contributed by atoms with van der Waals surface area (Å²) >= 11 is 7.71. The number of hydrogen-bond acceptors (Lipinski definition) is 9. The SMILES string of the molecule is CCCSc1nc(Cl)c(N)c(N[C@@H]2C[C@H](OCC(=O)O)[C@H]3OC(C)(C)N[C@H]32)n1. The Labute approximate surface area is 173 Å². The van der Waals surface area contributed by atoms with Crippen LogP contribution in [0.15, 0.2) is 5.16 Å². The fourth-order valence-electron chi connectivity index (χ4n) is 3.55. The Morgan fingerprint density at radius 1 is 1.54 bits per heavy atom. The summed E-state index contributed by atoms with van der Waals surface area (Å²) < 4.78 is 11.6. The molecule has 1 saturated heterocycles. The third kappa shape index (κ3) is 4.80. The summed E-state index contributed by atoms with van der Waals surface area (Å²) in [6, 6.07) is -0.212. The topological polar surface area (TPSA) is 132 Å². The van der Waals surface area contributed by atoms with Crippen LogP contribution in [-0.4, -0.2) is 63.4 Å². The Balaban J connectivity index is 1.79. The lowest BCUT2D eigenvalue weighted by Gasteiger charge is -2.25. The van der Waals surface area contributed by atoms with Crippen LogP contribution in [0, 0.1) is 0 Å². The third-order valence-electron chi connectivity index (χ3n) is 4.64. The number of aromatic nitrogens is 2. The Morgan fingerprint density at radius 2 is 2.29 bits per heavy atom. The fraction of sp³-hybridized carbons (Fsp3) is 0.706. The third-order valence-corrected chi connectivity index (χ3v) is 5.98. The van der Waals surface area contributed by atoms with Gasteiger partial charge in [-0.2, -0.15) is 0 Å². The van der Waals surface area contributed by atoms with Crippen LogP contribution in [0.4, 0.5) is 11.5 Å². The first kappa shape index (κ1) is 21.4. The molecule has 156 valence electrons. The van der Waals surface area contributed by atoms with Crippen molar-refractivity contribution in [2.24, 2.45) is 0 Å². The van der Waals surface area contributed by atoms with E-state index in [0.717, 1.165) is 12.2 Å². The van der Waals surface area contributed by atoms with E-state index in [0.29, 0.717) is 17.4 Å². The molecule has 2 aliphatic rings. The lowest BCUT2D eigenvalue weighted by molar-refractivity contribution is -0.148. The molecule has 11 heteroatoms. The molecule has 0 bridgehead atoms. The molecule has 1 saturated carbocycles. The van der Waals surface area contributed by atoms with Crippen molar-refractivity contribution in [3.8, 4) is 0 Å². The first-order valence-electron chi connectivity index (χ1n) is 9.21. The number of ether oxygens (including phenoxy) is 2. The molecule has 0 unspecified atom stereocenters. The molecule has 1 aliphatic carbocycles. The van der Waals surface area contributed by atoms with E-state index in [2.05, 4.69) is 27.5 Å². The second-order valence-corrected chi connectivity index (χ2v) is 8.82. The maximum atomic E-state index is 10.9. The number of fused-ring (bicyclic) bond motifs is 1. The highest BCUT2D eigenvalue weighted by atomic mass is 35.5. The van der Waals surface area contributed by atoms with E-state index in [-0.39, 0.29) is 41.7 Å². The van der Waals surface area contributed by atoms with Gasteiger partial charge in [0.15, 0.2) is 16.1 Å². The van der Waals surface area contributed by atoms with Crippen LogP contribution in [0.25, 0.3) is 0 Å². The van der Waals surface area contributed by atoms with Crippen LogP contribution < -0.4 is 16.4 Å². The predicted molar refractivity (Wildman–Crippen MR) is 108 cm³/mol. The van der Waals surface area contributed by atoms with Crippen LogP contribution in [0.5, 0.6) is 0 Å². The number of halogens is 1. The zero-order valence-electron chi connectivity index (χ0n) is 16.1. The zero-order valence-corrected chi connectivity index (χ0v) is 17.6. The number of hydrogen-bond donors (Lipinski definition) is 4. The minimum absolute atomic E-state index is 0.0892. The highest BCUT2D eigenvalue weighted by Crippen LogP contribution is 2.37. The van der Waals surface area contributed by atoms with E-state index >= 15 is 0 Å². The van der Waals surface area contributed by atoms with Crippen molar-refractivity contribution in [2.45, 2.75) is 68.8 Å². The maximum Gasteiger partial charge on any atom is 0.329 e. The molecule has 2 fully saturated rings. The van der Waals surface area contributed by atoms with Crippen LogP contribution in [-0.2, 0) is 14.3 Å². The molecule has 28 heavy (non-hydrogen) atoms. The Hall–Kier alpha value is -1.33. The Morgan fingerprint density at radius 3 is 2.96 bits per heavy atom. The molecule has 0 spiro atoms. The van der Waals surface area contributed by atoms with Gasteiger partial charge in [0.2, 0.25) is 0 Å². The standard InChI is InChI=1S/C17H26ClN5O4S/c1-4-5-28-16-21-14(18)11(19)15(22-16)20-8-6-9(26-7-10(24)25)13-12(8)23-17(2,3)27-13/h8-9,12-13,23H,4-7,19H2,1-3H3,(H,24,25)(H,20,21,22)/t8-,9+,12+,13-/m1/s1. The normalized spacial score (nSPS) is 28.3. The van der Waals surface area contributed by atoms with Crippen molar-refractivity contribution in [3.05, 3.63) is 5.15 Å². The smallest absolute Gasteiger partial charge is 0.329 e. The number of nitrogens with two attached hydrogens (primary N) is 1. The van der Waals surface area contributed by atoms with Gasteiger partial charge in [-0.3, -0.25) is 5.32 Å². The van der Waals surface area contributed by atoms with Crippen LogP contribution in [0.3, 0.4) is 0 Å². The maximum absolute atomic E-state index is 10.9. The van der Waals surface area contributed by atoms with Crippen molar-refractivity contribution in [1.29, 1.82) is 0 Å². The summed E-state index contributed by atoms with van der Waals surface area (Å²) in [4.78, 5) is 19.6. The number of rotatable bonds is 8. The molecule has 4 atom stereocenters. The molecule has 9 nitrogen and oxygen atoms in total. The van der Waals surface area contributed by atoms with Gasteiger partial charge in [-0.1, -0.05) is 30.3 Å². The second kappa shape index (κ2) is 8.58. The average molecular weight is 432 g/mol.